The zero-order valence-corrected chi connectivity index (χ0v) is 14.8. The van der Waals surface area contributed by atoms with Crippen LogP contribution in [0.1, 0.15) is 23.7 Å². The molecule has 0 radical (unpaired) electrons. The van der Waals surface area contributed by atoms with Gasteiger partial charge in [0.15, 0.2) is 0 Å². The van der Waals surface area contributed by atoms with Crippen molar-refractivity contribution >= 4 is 23.4 Å². The van der Waals surface area contributed by atoms with Gasteiger partial charge in [0, 0.05) is 32.4 Å². The van der Waals surface area contributed by atoms with E-state index in [1.54, 1.807) is 45.4 Å². The number of anilines is 1. The van der Waals surface area contributed by atoms with Crippen LogP contribution in [0.25, 0.3) is 0 Å². The molecule has 0 aliphatic heterocycles. The Hall–Kier alpha value is -2.41. The smallest absolute Gasteiger partial charge is 0.251 e. The molecule has 3 amide bonds. The molecule has 7 nitrogen and oxygen atoms in total. The molecule has 24 heavy (non-hydrogen) atoms. The Morgan fingerprint density at radius 1 is 1.04 bits per heavy atom. The van der Waals surface area contributed by atoms with Crippen LogP contribution >= 0.6 is 0 Å². The van der Waals surface area contributed by atoms with E-state index in [2.05, 4.69) is 10.6 Å². The highest BCUT2D eigenvalue weighted by Gasteiger charge is 2.15. The third kappa shape index (κ3) is 6.37. The van der Waals surface area contributed by atoms with Crippen LogP contribution in [0.3, 0.4) is 0 Å². The molecule has 0 saturated carbocycles. The van der Waals surface area contributed by atoms with E-state index < -0.39 is 0 Å². The molecule has 0 aromatic heterocycles. The highest BCUT2D eigenvalue weighted by Crippen LogP contribution is 2.09. The summed E-state index contributed by atoms with van der Waals surface area (Å²) in [5, 5.41) is 5.32. The Morgan fingerprint density at radius 3 is 2.17 bits per heavy atom. The largest absolute Gasteiger partial charge is 0.355 e. The summed E-state index contributed by atoms with van der Waals surface area (Å²) in [5.74, 6) is -0.405. The Kier molecular flexibility index (Phi) is 7.91. The molecular weight excluding hydrogens is 308 g/mol. The van der Waals surface area contributed by atoms with Gasteiger partial charge in [-0.05, 0) is 37.2 Å². The maximum absolute atomic E-state index is 12.2. The molecule has 0 fully saturated rings. The first-order chi connectivity index (χ1) is 11.4. The molecule has 2 N–H and O–H groups in total. The number of hydrogen-bond donors (Lipinski definition) is 2. The predicted molar refractivity (Wildman–Crippen MR) is 93.9 cm³/mol. The van der Waals surface area contributed by atoms with Crippen LogP contribution < -0.4 is 10.6 Å². The highest BCUT2D eigenvalue weighted by molar-refractivity contribution is 5.96. The fourth-order valence-electron chi connectivity index (χ4n) is 2.12. The lowest BCUT2D eigenvalue weighted by Crippen LogP contribution is -2.41. The number of benzene rings is 1. The van der Waals surface area contributed by atoms with Crippen molar-refractivity contribution in [3.63, 3.8) is 0 Å². The lowest BCUT2D eigenvalue weighted by molar-refractivity contribution is -0.130. The Balaban J connectivity index is 2.61. The lowest BCUT2D eigenvalue weighted by atomic mass is 10.2. The number of hydrogen-bond acceptors (Lipinski definition) is 4. The molecule has 0 aliphatic carbocycles. The van der Waals surface area contributed by atoms with E-state index in [1.807, 2.05) is 11.8 Å². The van der Waals surface area contributed by atoms with Gasteiger partial charge in [0.25, 0.3) is 5.91 Å². The zero-order chi connectivity index (χ0) is 18.1. The molecule has 7 heteroatoms. The van der Waals surface area contributed by atoms with Gasteiger partial charge in [-0.1, -0.05) is 6.92 Å². The zero-order valence-electron chi connectivity index (χ0n) is 14.8. The fourth-order valence-corrected chi connectivity index (χ4v) is 2.12. The van der Waals surface area contributed by atoms with Gasteiger partial charge in [-0.3, -0.25) is 19.3 Å². The van der Waals surface area contributed by atoms with E-state index in [0.717, 1.165) is 6.42 Å². The third-order valence-electron chi connectivity index (χ3n) is 3.42. The number of carbonyl (C=O) groups is 3. The summed E-state index contributed by atoms with van der Waals surface area (Å²) in [4.78, 5) is 38.8. The number of likely N-dealkylation sites (N-methyl/N-ethyl adjacent to an activating group) is 1. The summed E-state index contributed by atoms with van der Waals surface area (Å²) < 4.78 is 0. The number of amides is 3. The predicted octanol–water partition coefficient (Wildman–Crippen LogP) is 0.785. The van der Waals surface area contributed by atoms with Crippen LogP contribution in [-0.4, -0.2) is 68.3 Å². The fraction of sp³-hybridized carbons (Fsp3) is 0.471. The summed E-state index contributed by atoms with van der Waals surface area (Å²) in [6, 6.07) is 6.65. The number of rotatable bonds is 8. The number of nitrogens with zero attached hydrogens (tertiary/aromatic N) is 2. The average molecular weight is 334 g/mol. The molecule has 0 heterocycles. The lowest BCUT2D eigenvalue weighted by Gasteiger charge is -2.22. The maximum atomic E-state index is 12.2. The SMILES string of the molecule is CCCN(CC(=O)Nc1ccc(C(=O)NC)cc1)CC(=O)N(C)C. The van der Waals surface area contributed by atoms with Crippen LogP contribution in [-0.2, 0) is 9.59 Å². The Morgan fingerprint density at radius 2 is 1.67 bits per heavy atom. The normalized spacial score (nSPS) is 10.4. The number of nitrogens with one attached hydrogen (secondary N) is 2. The highest BCUT2D eigenvalue weighted by atomic mass is 16.2. The minimum atomic E-state index is -0.192. The number of carbonyl (C=O) groups excluding carboxylic acids is 3. The topological polar surface area (TPSA) is 81.8 Å². The van der Waals surface area contributed by atoms with Crippen molar-refractivity contribution in [2.24, 2.45) is 0 Å². The molecule has 0 saturated heterocycles. The Labute approximate surface area is 143 Å². The van der Waals surface area contributed by atoms with Gasteiger partial charge in [0.2, 0.25) is 11.8 Å². The maximum Gasteiger partial charge on any atom is 0.251 e. The van der Waals surface area contributed by atoms with E-state index in [1.165, 1.54) is 4.90 Å². The third-order valence-corrected chi connectivity index (χ3v) is 3.42. The summed E-state index contributed by atoms with van der Waals surface area (Å²) in [7, 11) is 4.95. The van der Waals surface area contributed by atoms with Crippen molar-refractivity contribution in [2.45, 2.75) is 13.3 Å². The minimum absolute atomic E-state index is 0.0359. The second kappa shape index (κ2) is 9.67. The van der Waals surface area contributed by atoms with Gasteiger partial charge in [0.05, 0.1) is 13.1 Å². The van der Waals surface area contributed by atoms with Gasteiger partial charge in [-0.25, -0.2) is 0 Å². The molecule has 1 aromatic rings. The van der Waals surface area contributed by atoms with E-state index in [9.17, 15) is 14.4 Å². The van der Waals surface area contributed by atoms with Crippen LogP contribution in [0, 0.1) is 0 Å². The van der Waals surface area contributed by atoms with Crippen molar-refractivity contribution in [1.29, 1.82) is 0 Å². The quantitative estimate of drug-likeness (QED) is 0.736. The van der Waals surface area contributed by atoms with Crippen LogP contribution in [0.15, 0.2) is 24.3 Å². The van der Waals surface area contributed by atoms with Crippen molar-refractivity contribution < 1.29 is 14.4 Å². The second-order valence-electron chi connectivity index (χ2n) is 5.70. The monoisotopic (exact) mass is 334 g/mol. The van der Waals surface area contributed by atoms with Crippen molar-refractivity contribution in [2.75, 3.05) is 46.1 Å². The first-order valence-electron chi connectivity index (χ1n) is 7.91. The minimum Gasteiger partial charge on any atom is -0.355 e. The van der Waals surface area contributed by atoms with Crippen LogP contribution in [0.2, 0.25) is 0 Å². The van der Waals surface area contributed by atoms with Gasteiger partial charge in [-0.15, -0.1) is 0 Å². The van der Waals surface area contributed by atoms with Crippen LogP contribution in [0.4, 0.5) is 5.69 Å². The van der Waals surface area contributed by atoms with E-state index in [0.29, 0.717) is 17.8 Å². The summed E-state index contributed by atoms with van der Waals surface area (Å²) in [5.41, 5.74) is 1.14. The van der Waals surface area contributed by atoms with Crippen molar-refractivity contribution in [1.82, 2.24) is 15.1 Å². The van der Waals surface area contributed by atoms with Gasteiger partial charge < -0.3 is 15.5 Å². The van der Waals surface area contributed by atoms with E-state index >= 15 is 0 Å². The standard InChI is InChI=1S/C17H26N4O3/c1-5-10-21(12-16(23)20(3)4)11-15(22)19-14-8-6-13(7-9-14)17(24)18-2/h6-9H,5,10-12H2,1-4H3,(H,18,24)(H,19,22). The molecule has 0 bridgehead atoms. The van der Waals surface area contributed by atoms with Gasteiger partial charge in [0.1, 0.15) is 0 Å². The first kappa shape index (κ1) is 19.6. The Bertz CT molecular complexity index is 570. The first-order valence-corrected chi connectivity index (χ1v) is 7.91. The van der Waals surface area contributed by atoms with Crippen molar-refractivity contribution in [3.05, 3.63) is 29.8 Å². The molecular formula is C17H26N4O3. The molecule has 0 unspecified atom stereocenters. The van der Waals surface area contributed by atoms with Crippen molar-refractivity contribution in [3.8, 4) is 0 Å². The van der Waals surface area contributed by atoms with Crippen LogP contribution in [0.5, 0.6) is 0 Å². The van der Waals surface area contributed by atoms with E-state index in [4.69, 9.17) is 0 Å². The molecule has 0 spiro atoms. The summed E-state index contributed by atoms with van der Waals surface area (Å²) >= 11 is 0. The molecule has 1 aromatic carbocycles. The molecule has 1 rings (SSSR count). The molecule has 0 aliphatic rings. The summed E-state index contributed by atoms with van der Waals surface area (Å²) in [6.45, 7) is 3.03. The van der Waals surface area contributed by atoms with Gasteiger partial charge >= 0.3 is 0 Å². The summed E-state index contributed by atoms with van der Waals surface area (Å²) in [6.07, 6.45) is 0.856. The van der Waals surface area contributed by atoms with Gasteiger partial charge in [-0.2, -0.15) is 0 Å². The molecule has 132 valence electrons. The second-order valence-corrected chi connectivity index (χ2v) is 5.70. The molecule has 0 atom stereocenters. The average Bonchev–Trinajstić information content (AvgIpc) is 2.54. The van der Waals surface area contributed by atoms with E-state index in [-0.39, 0.29) is 30.8 Å².